The molecule has 2 heteroatoms. The third kappa shape index (κ3) is 4.40. The van der Waals surface area contributed by atoms with Crippen LogP contribution < -0.4 is 0 Å². The van der Waals surface area contributed by atoms with E-state index in [1.807, 2.05) is 42.5 Å². The van der Waals surface area contributed by atoms with Crippen LogP contribution in [0.3, 0.4) is 0 Å². The van der Waals surface area contributed by atoms with Crippen LogP contribution in [0.15, 0.2) is 84.9 Å². The van der Waals surface area contributed by atoms with Crippen molar-refractivity contribution in [3.8, 4) is 0 Å². The molecule has 2 unspecified atom stereocenters. The maximum atomic E-state index is 13.0. The van der Waals surface area contributed by atoms with Crippen molar-refractivity contribution in [2.75, 3.05) is 0 Å². The molecule has 1 aliphatic carbocycles. The Hall–Kier alpha value is -2.71. The Labute approximate surface area is 167 Å². The van der Waals surface area contributed by atoms with Gasteiger partial charge in [0.25, 0.3) is 0 Å². The summed E-state index contributed by atoms with van der Waals surface area (Å²) in [6, 6.07) is 28.8. The Bertz CT molecular complexity index is 902. The van der Waals surface area contributed by atoms with Gasteiger partial charge in [-0.1, -0.05) is 84.9 Å². The largest absolute Gasteiger partial charge is 0.362 e. The predicted molar refractivity (Wildman–Crippen MR) is 113 cm³/mol. The Morgan fingerprint density at radius 1 is 0.857 bits per heavy atom. The number of carbonyl (C=O) groups excluding carboxylic acids is 1. The molecule has 0 amide bonds. The topological polar surface area (TPSA) is 26.3 Å². The maximum absolute atomic E-state index is 13.0. The Kier molecular flexibility index (Phi) is 5.98. The first-order valence-corrected chi connectivity index (χ1v) is 10.2. The van der Waals surface area contributed by atoms with Gasteiger partial charge >= 0.3 is 0 Å². The maximum Gasteiger partial charge on any atom is 0.191 e. The predicted octanol–water partition coefficient (Wildman–Crippen LogP) is 5.96. The summed E-state index contributed by atoms with van der Waals surface area (Å²) in [7, 11) is 0. The molecular weight excluding hydrogens is 344 g/mol. The van der Waals surface area contributed by atoms with Gasteiger partial charge in [-0.25, -0.2) is 0 Å². The molecule has 0 saturated heterocycles. The molecule has 1 aliphatic rings. The highest BCUT2D eigenvalue weighted by Crippen LogP contribution is 2.30. The number of ether oxygens (including phenoxy) is 1. The van der Waals surface area contributed by atoms with Crippen LogP contribution in [0.1, 0.15) is 52.4 Å². The molecule has 0 N–H and O–H groups in total. The SMILES string of the molecule is O=C1c2ccccc2CCC1OC(CCCc1ccccc1)c1ccccc1. The van der Waals surface area contributed by atoms with Gasteiger partial charge in [0.1, 0.15) is 6.10 Å². The van der Waals surface area contributed by atoms with Crippen LogP contribution in [0.2, 0.25) is 0 Å². The summed E-state index contributed by atoms with van der Waals surface area (Å²) in [5.41, 5.74) is 4.47. The lowest BCUT2D eigenvalue weighted by Gasteiger charge is -2.28. The summed E-state index contributed by atoms with van der Waals surface area (Å²) in [6.07, 6.45) is 4.22. The smallest absolute Gasteiger partial charge is 0.191 e. The summed E-state index contributed by atoms with van der Waals surface area (Å²) >= 11 is 0. The van der Waals surface area contributed by atoms with Gasteiger partial charge in [0.05, 0.1) is 6.10 Å². The van der Waals surface area contributed by atoms with Gasteiger partial charge in [-0.3, -0.25) is 4.79 Å². The van der Waals surface area contributed by atoms with Crippen molar-refractivity contribution in [1.29, 1.82) is 0 Å². The van der Waals surface area contributed by atoms with Gasteiger partial charge in [-0.05, 0) is 48.8 Å². The van der Waals surface area contributed by atoms with E-state index >= 15 is 0 Å². The van der Waals surface area contributed by atoms with Crippen LogP contribution in [0.4, 0.5) is 0 Å². The fraction of sp³-hybridized carbons (Fsp3) is 0.269. The number of hydrogen-bond donors (Lipinski definition) is 0. The van der Waals surface area contributed by atoms with E-state index in [-0.39, 0.29) is 18.0 Å². The highest BCUT2D eigenvalue weighted by molar-refractivity contribution is 6.01. The van der Waals surface area contributed by atoms with Crippen LogP contribution in [-0.4, -0.2) is 11.9 Å². The highest BCUT2D eigenvalue weighted by atomic mass is 16.5. The molecule has 0 bridgehead atoms. The lowest BCUT2D eigenvalue weighted by atomic mass is 9.88. The lowest BCUT2D eigenvalue weighted by molar-refractivity contribution is -0.0139. The number of rotatable bonds is 7. The molecule has 3 aromatic carbocycles. The fourth-order valence-corrected chi connectivity index (χ4v) is 4.02. The zero-order chi connectivity index (χ0) is 19.2. The summed E-state index contributed by atoms with van der Waals surface area (Å²) in [4.78, 5) is 13.0. The molecule has 0 aliphatic heterocycles. The van der Waals surface area contributed by atoms with E-state index in [1.165, 1.54) is 5.56 Å². The summed E-state index contributed by atoms with van der Waals surface area (Å²) < 4.78 is 6.44. The normalized spacial score (nSPS) is 17.1. The molecule has 4 rings (SSSR count). The second kappa shape index (κ2) is 8.99. The molecule has 0 heterocycles. The molecule has 142 valence electrons. The highest BCUT2D eigenvalue weighted by Gasteiger charge is 2.30. The molecule has 2 atom stereocenters. The molecule has 0 spiro atoms. The van der Waals surface area contributed by atoms with Gasteiger partial charge in [0, 0.05) is 5.56 Å². The molecule has 28 heavy (non-hydrogen) atoms. The first kappa shape index (κ1) is 18.6. The minimum Gasteiger partial charge on any atom is -0.362 e. The van der Waals surface area contributed by atoms with Gasteiger partial charge in [-0.2, -0.15) is 0 Å². The Morgan fingerprint density at radius 3 is 2.32 bits per heavy atom. The minimum absolute atomic E-state index is 0.0517. The van der Waals surface area contributed by atoms with Gasteiger partial charge in [0.2, 0.25) is 0 Å². The summed E-state index contributed by atoms with van der Waals surface area (Å²) in [5, 5.41) is 0. The number of ketones is 1. The molecule has 0 aromatic heterocycles. The molecule has 3 aromatic rings. The number of Topliss-reactive ketones (excluding diaryl/α,β-unsaturated/α-hetero) is 1. The minimum atomic E-state index is -0.350. The third-order valence-electron chi connectivity index (χ3n) is 5.53. The zero-order valence-electron chi connectivity index (χ0n) is 16.1. The Balaban J connectivity index is 1.46. The second-order valence-corrected chi connectivity index (χ2v) is 7.46. The van der Waals surface area contributed by atoms with Crippen LogP contribution in [-0.2, 0) is 17.6 Å². The van der Waals surface area contributed by atoms with Crippen LogP contribution in [0.25, 0.3) is 0 Å². The molecule has 0 fully saturated rings. The summed E-state index contributed by atoms with van der Waals surface area (Å²) in [6.45, 7) is 0. The average molecular weight is 370 g/mol. The number of fused-ring (bicyclic) bond motifs is 1. The second-order valence-electron chi connectivity index (χ2n) is 7.46. The fourth-order valence-electron chi connectivity index (χ4n) is 4.02. The van der Waals surface area contributed by atoms with Crippen LogP contribution in [0, 0.1) is 0 Å². The van der Waals surface area contributed by atoms with Crippen molar-refractivity contribution in [3.63, 3.8) is 0 Å². The standard InChI is InChI=1S/C26H26O2/c27-26-23-16-8-7-13-21(23)18-19-25(26)28-24(22-14-5-2-6-15-22)17-9-12-20-10-3-1-4-11-20/h1-8,10-11,13-16,24-25H,9,12,17-19H2. The Morgan fingerprint density at radius 2 is 1.54 bits per heavy atom. The van der Waals surface area contributed by atoms with Crippen molar-refractivity contribution < 1.29 is 9.53 Å². The first-order valence-electron chi connectivity index (χ1n) is 10.2. The van der Waals surface area contributed by atoms with Gasteiger partial charge < -0.3 is 4.74 Å². The first-order chi connectivity index (χ1) is 13.8. The van der Waals surface area contributed by atoms with Crippen molar-refractivity contribution >= 4 is 5.78 Å². The molecule has 0 saturated carbocycles. The average Bonchev–Trinajstić information content (AvgIpc) is 2.76. The third-order valence-corrected chi connectivity index (χ3v) is 5.53. The monoisotopic (exact) mass is 370 g/mol. The molecule has 0 radical (unpaired) electrons. The van der Waals surface area contributed by atoms with E-state index in [2.05, 4.69) is 42.5 Å². The van der Waals surface area contributed by atoms with Crippen molar-refractivity contribution in [1.82, 2.24) is 0 Å². The number of aryl methyl sites for hydroxylation is 2. The van der Waals surface area contributed by atoms with Crippen molar-refractivity contribution in [2.45, 2.75) is 44.3 Å². The quantitative estimate of drug-likeness (QED) is 0.512. The van der Waals surface area contributed by atoms with E-state index in [9.17, 15) is 4.79 Å². The lowest BCUT2D eigenvalue weighted by Crippen LogP contribution is -2.31. The number of carbonyl (C=O) groups is 1. The van der Waals surface area contributed by atoms with Crippen molar-refractivity contribution in [3.05, 3.63) is 107 Å². The summed E-state index contributed by atoms with van der Waals surface area (Å²) in [5.74, 6) is 0.130. The van der Waals surface area contributed by atoms with E-state index in [0.29, 0.717) is 0 Å². The molecule has 2 nitrogen and oxygen atoms in total. The number of hydrogen-bond acceptors (Lipinski definition) is 2. The van der Waals surface area contributed by atoms with E-state index in [4.69, 9.17) is 4.74 Å². The van der Waals surface area contributed by atoms with E-state index in [0.717, 1.165) is 48.8 Å². The van der Waals surface area contributed by atoms with E-state index in [1.54, 1.807) is 0 Å². The molecular formula is C26H26O2. The van der Waals surface area contributed by atoms with Gasteiger partial charge in [-0.15, -0.1) is 0 Å². The number of benzene rings is 3. The van der Waals surface area contributed by atoms with Crippen LogP contribution in [0.5, 0.6) is 0 Å². The van der Waals surface area contributed by atoms with Gasteiger partial charge in [0.15, 0.2) is 5.78 Å². The van der Waals surface area contributed by atoms with Crippen LogP contribution >= 0.6 is 0 Å². The van der Waals surface area contributed by atoms with Crippen molar-refractivity contribution in [2.24, 2.45) is 0 Å². The zero-order valence-corrected chi connectivity index (χ0v) is 16.1. The van der Waals surface area contributed by atoms with E-state index < -0.39 is 0 Å².